The van der Waals surface area contributed by atoms with Gasteiger partial charge in [-0.25, -0.2) is 4.98 Å². The van der Waals surface area contributed by atoms with Crippen molar-refractivity contribution in [1.82, 2.24) is 9.97 Å². The third kappa shape index (κ3) is 1.93. The van der Waals surface area contributed by atoms with Crippen LogP contribution in [-0.2, 0) is 6.42 Å². The standard InChI is InChI=1S/C11H12N2O/c1-14-10-4-2-3-9(7-10)8-11-12-5-6-13-11/h2-7H,8H2,1H3,(H,12,13). The molecule has 0 fully saturated rings. The molecule has 1 heterocycles. The lowest BCUT2D eigenvalue weighted by Gasteiger charge is -2.02. The first kappa shape index (κ1) is 8.81. The average Bonchev–Trinajstić information content (AvgIpc) is 2.71. The zero-order chi connectivity index (χ0) is 9.80. The Morgan fingerprint density at radius 1 is 1.43 bits per heavy atom. The van der Waals surface area contributed by atoms with Crippen molar-refractivity contribution in [2.75, 3.05) is 7.11 Å². The molecule has 0 amide bonds. The molecule has 0 radical (unpaired) electrons. The van der Waals surface area contributed by atoms with Crippen LogP contribution in [0.25, 0.3) is 0 Å². The Bertz CT molecular complexity index is 395. The fourth-order valence-electron chi connectivity index (χ4n) is 1.37. The normalized spacial score (nSPS) is 10.1. The Balaban J connectivity index is 2.17. The van der Waals surface area contributed by atoms with E-state index in [9.17, 15) is 0 Å². The Kier molecular flexibility index (Phi) is 2.49. The van der Waals surface area contributed by atoms with Crippen LogP contribution in [0.1, 0.15) is 11.4 Å². The van der Waals surface area contributed by atoms with Crippen LogP contribution in [0.3, 0.4) is 0 Å². The highest BCUT2D eigenvalue weighted by atomic mass is 16.5. The zero-order valence-electron chi connectivity index (χ0n) is 8.03. The summed E-state index contributed by atoms with van der Waals surface area (Å²) >= 11 is 0. The molecule has 3 heteroatoms. The molecule has 1 aromatic carbocycles. The lowest BCUT2D eigenvalue weighted by Crippen LogP contribution is -1.91. The summed E-state index contributed by atoms with van der Waals surface area (Å²) in [6.45, 7) is 0. The van der Waals surface area contributed by atoms with Crippen molar-refractivity contribution in [3.05, 3.63) is 48.0 Å². The summed E-state index contributed by atoms with van der Waals surface area (Å²) in [4.78, 5) is 7.24. The molecular formula is C11H12N2O. The maximum Gasteiger partial charge on any atom is 0.119 e. The maximum absolute atomic E-state index is 5.14. The number of nitrogens with one attached hydrogen (secondary N) is 1. The van der Waals surface area contributed by atoms with Crippen LogP contribution in [0.4, 0.5) is 0 Å². The van der Waals surface area contributed by atoms with Crippen molar-refractivity contribution in [2.45, 2.75) is 6.42 Å². The minimum absolute atomic E-state index is 0.810. The van der Waals surface area contributed by atoms with E-state index in [-0.39, 0.29) is 0 Å². The SMILES string of the molecule is COc1cccc(Cc2ncc[nH]2)c1. The second-order valence-electron chi connectivity index (χ2n) is 3.06. The Morgan fingerprint density at radius 2 is 2.36 bits per heavy atom. The number of benzene rings is 1. The van der Waals surface area contributed by atoms with Crippen molar-refractivity contribution < 1.29 is 4.74 Å². The minimum atomic E-state index is 0.810. The van der Waals surface area contributed by atoms with Gasteiger partial charge in [0.05, 0.1) is 7.11 Å². The molecule has 0 aliphatic carbocycles. The molecule has 0 aliphatic rings. The van der Waals surface area contributed by atoms with Crippen molar-refractivity contribution in [1.29, 1.82) is 0 Å². The Morgan fingerprint density at radius 3 is 3.07 bits per heavy atom. The van der Waals surface area contributed by atoms with Gasteiger partial charge in [-0.05, 0) is 17.7 Å². The maximum atomic E-state index is 5.14. The van der Waals surface area contributed by atoms with Crippen LogP contribution < -0.4 is 4.74 Å². The van der Waals surface area contributed by atoms with E-state index >= 15 is 0 Å². The fraction of sp³-hybridized carbons (Fsp3) is 0.182. The van der Waals surface area contributed by atoms with Crippen molar-refractivity contribution in [3.63, 3.8) is 0 Å². The van der Waals surface area contributed by atoms with Crippen LogP contribution in [0.5, 0.6) is 5.75 Å². The van der Waals surface area contributed by atoms with Gasteiger partial charge in [-0.3, -0.25) is 0 Å². The van der Waals surface area contributed by atoms with Crippen LogP contribution in [0.2, 0.25) is 0 Å². The first-order valence-electron chi connectivity index (χ1n) is 4.49. The van der Waals surface area contributed by atoms with E-state index in [2.05, 4.69) is 16.0 Å². The molecule has 0 saturated heterocycles. The number of aromatic amines is 1. The van der Waals surface area contributed by atoms with Crippen LogP contribution in [0, 0.1) is 0 Å². The van der Waals surface area contributed by atoms with Crippen LogP contribution >= 0.6 is 0 Å². The van der Waals surface area contributed by atoms with Gasteiger partial charge in [0, 0.05) is 18.8 Å². The fourth-order valence-corrected chi connectivity index (χ4v) is 1.37. The van der Waals surface area contributed by atoms with Gasteiger partial charge in [0.25, 0.3) is 0 Å². The molecule has 1 N–H and O–H groups in total. The highest BCUT2D eigenvalue weighted by Crippen LogP contribution is 2.14. The van der Waals surface area contributed by atoms with E-state index in [1.54, 1.807) is 13.3 Å². The first-order chi connectivity index (χ1) is 6.88. The lowest BCUT2D eigenvalue weighted by molar-refractivity contribution is 0.414. The molecule has 0 aliphatic heterocycles. The molecule has 3 nitrogen and oxygen atoms in total. The summed E-state index contributed by atoms with van der Waals surface area (Å²) < 4.78 is 5.14. The van der Waals surface area contributed by atoms with Crippen LogP contribution in [0.15, 0.2) is 36.7 Å². The average molecular weight is 188 g/mol. The highest BCUT2D eigenvalue weighted by molar-refractivity contribution is 5.30. The highest BCUT2D eigenvalue weighted by Gasteiger charge is 1.99. The number of rotatable bonds is 3. The topological polar surface area (TPSA) is 37.9 Å². The number of ether oxygens (including phenoxy) is 1. The number of hydrogen-bond acceptors (Lipinski definition) is 2. The van der Waals surface area contributed by atoms with E-state index in [1.165, 1.54) is 5.56 Å². The van der Waals surface area contributed by atoms with Gasteiger partial charge in [0.2, 0.25) is 0 Å². The molecule has 0 atom stereocenters. The second-order valence-corrected chi connectivity index (χ2v) is 3.06. The molecule has 1 aromatic heterocycles. The van der Waals surface area contributed by atoms with E-state index in [1.807, 2.05) is 24.4 Å². The molecule has 0 unspecified atom stereocenters. The summed E-state index contributed by atoms with van der Waals surface area (Å²) in [5, 5.41) is 0. The number of methoxy groups -OCH3 is 1. The summed E-state index contributed by atoms with van der Waals surface area (Å²) in [5.74, 6) is 1.85. The largest absolute Gasteiger partial charge is 0.497 e. The molecule has 0 spiro atoms. The van der Waals surface area contributed by atoms with E-state index < -0.39 is 0 Å². The molecule has 2 rings (SSSR count). The molecule has 14 heavy (non-hydrogen) atoms. The zero-order valence-corrected chi connectivity index (χ0v) is 8.03. The number of imidazole rings is 1. The molecule has 2 aromatic rings. The third-order valence-corrected chi connectivity index (χ3v) is 2.06. The van der Waals surface area contributed by atoms with Gasteiger partial charge in [-0.1, -0.05) is 12.1 Å². The second kappa shape index (κ2) is 3.96. The smallest absolute Gasteiger partial charge is 0.119 e. The van der Waals surface area contributed by atoms with Crippen molar-refractivity contribution >= 4 is 0 Å². The van der Waals surface area contributed by atoms with Gasteiger partial charge in [-0.15, -0.1) is 0 Å². The van der Waals surface area contributed by atoms with E-state index in [0.717, 1.165) is 18.0 Å². The quantitative estimate of drug-likeness (QED) is 0.800. The predicted molar refractivity (Wildman–Crippen MR) is 54.4 cm³/mol. The molecule has 0 saturated carbocycles. The Labute approximate surface area is 82.8 Å². The monoisotopic (exact) mass is 188 g/mol. The number of aromatic nitrogens is 2. The first-order valence-corrected chi connectivity index (χ1v) is 4.49. The summed E-state index contributed by atoms with van der Waals surface area (Å²) in [6.07, 6.45) is 4.40. The molecule has 0 bridgehead atoms. The van der Waals surface area contributed by atoms with E-state index in [4.69, 9.17) is 4.74 Å². The number of H-pyrrole nitrogens is 1. The van der Waals surface area contributed by atoms with Crippen LogP contribution in [-0.4, -0.2) is 17.1 Å². The van der Waals surface area contributed by atoms with Crippen molar-refractivity contribution in [3.8, 4) is 5.75 Å². The van der Waals surface area contributed by atoms with Gasteiger partial charge < -0.3 is 9.72 Å². The van der Waals surface area contributed by atoms with Crippen molar-refractivity contribution in [2.24, 2.45) is 0 Å². The third-order valence-electron chi connectivity index (χ3n) is 2.06. The minimum Gasteiger partial charge on any atom is -0.497 e. The van der Waals surface area contributed by atoms with Gasteiger partial charge >= 0.3 is 0 Å². The lowest BCUT2D eigenvalue weighted by atomic mass is 10.1. The summed E-state index contributed by atoms with van der Waals surface area (Å²) in [7, 11) is 1.67. The van der Waals surface area contributed by atoms with Gasteiger partial charge in [0.1, 0.15) is 11.6 Å². The summed E-state index contributed by atoms with van der Waals surface area (Å²) in [6, 6.07) is 8.00. The number of nitrogens with zero attached hydrogens (tertiary/aromatic N) is 1. The van der Waals surface area contributed by atoms with Gasteiger partial charge in [-0.2, -0.15) is 0 Å². The predicted octanol–water partition coefficient (Wildman–Crippen LogP) is 2.01. The molecule has 72 valence electrons. The van der Waals surface area contributed by atoms with Gasteiger partial charge in [0.15, 0.2) is 0 Å². The summed E-state index contributed by atoms with van der Waals surface area (Å²) in [5.41, 5.74) is 1.19. The molecular weight excluding hydrogens is 176 g/mol. The number of hydrogen-bond donors (Lipinski definition) is 1. The van der Waals surface area contributed by atoms with E-state index in [0.29, 0.717) is 0 Å². The Hall–Kier alpha value is -1.77.